The molecule has 2 unspecified atom stereocenters. The van der Waals surface area contributed by atoms with E-state index >= 15 is 0 Å². The molecule has 1 saturated heterocycles. The first-order chi connectivity index (χ1) is 20.0. The van der Waals surface area contributed by atoms with Gasteiger partial charge in [0, 0.05) is 12.6 Å². The molecule has 0 radical (unpaired) electrons. The van der Waals surface area contributed by atoms with Crippen LogP contribution >= 0.6 is 0 Å². The van der Waals surface area contributed by atoms with E-state index in [1.807, 2.05) is 39.0 Å². The number of carbonyl (C=O) groups excluding carboxylic acids is 2. The van der Waals surface area contributed by atoms with Gasteiger partial charge in [0.15, 0.2) is 0 Å². The van der Waals surface area contributed by atoms with Gasteiger partial charge in [-0.2, -0.15) is 0 Å². The number of fused-ring (bicyclic) bond motifs is 1. The molecule has 0 bridgehead atoms. The Labute approximate surface area is 247 Å². The lowest BCUT2D eigenvalue weighted by Crippen LogP contribution is -2.54. The number of methoxy groups -OCH3 is 2. The number of allylic oxidation sites excluding steroid dienone is 1. The smallest absolute Gasteiger partial charge is 0.328 e. The van der Waals surface area contributed by atoms with Gasteiger partial charge in [0.1, 0.15) is 17.5 Å². The molecule has 1 amide bonds. The van der Waals surface area contributed by atoms with Gasteiger partial charge in [0.25, 0.3) is 12.0 Å². The molecule has 2 atom stereocenters. The van der Waals surface area contributed by atoms with Gasteiger partial charge in [-0.15, -0.1) is 0 Å². The van der Waals surface area contributed by atoms with E-state index in [2.05, 4.69) is 21.4 Å². The normalized spacial score (nSPS) is 17.1. The van der Waals surface area contributed by atoms with Gasteiger partial charge in [-0.1, -0.05) is 46.1 Å². The van der Waals surface area contributed by atoms with Crippen molar-refractivity contribution in [2.75, 3.05) is 27.8 Å². The summed E-state index contributed by atoms with van der Waals surface area (Å²) in [7, 11) is 4.74. The third-order valence-electron chi connectivity index (χ3n) is 7.29. The van der Waals surface area contributed by atoms with Crippen LogP contribution < -0.4 is 15.6 Å². The van der Waals surface area contributed by atoms with E-state index in [9.17, 15) is 14.4 Å². The highest BCUT2D eigenvalue weighted by Gasteiger charge is 2.40. The van der Waals surface area contributed by atoms with E-state index in [0.717, 1.165) is 24.3 Å². The Balaban J connectivity index is 0.000000272. The largest absolute Gasteiger partial charge is 0.497 e. The maximum atomic E-state index is 12.5. The average molecular weight is 587 g/mol. The molecule has 2 aromatic rings. The number of hydrogen-bond donors (Lipinski definition) is 3. The molecule has 11 heteroatoms. The first-order valence-electron chi connectivity index (χ1n) is 14.4. The molecule has 4 rings (SSSR count). The predicted octanol–water partition coefficient (Wildman–Crippen LogP) is 4.01. The van der Waals surface area contributed by atoms with Crippen LogP contribution in [0.3, 0.4) is 0 Å². The van der Waals surface area contributed by atoms with Crippen molar-refractivity contribution in [2.45, 2.75) is 77.8 Å². The Morgan fingerprint density at radius 2 is 1.93 bits per heavy atom. The molecular formula is C31H46N4O7. The number of unbranched alkanes of at least 4 members (excludes halogenated alkanes) is 1. The number of likely N-dealkylation sites (N-methyl/N-ethyl adjacent to an activating group) is 1. The second-order valence-corrected chi connectivity index (χ2v) is 11.5. The molecule has 42 heavy (non-hydrogen) atoms. The van der Waals surface area contributed by atoms with Crippen LogP contribution in [-0.4, -0.2) is 78.2 Å². The number of carbonyl (C=O) groups is 3. The summed E-state index contributed by atoms with van der Waals surface area (Å²) in [6.45, 7) is 6.41. The monoisotopic (exact) mass is 586 g/mol. The van der Waals surface area contributed by atoms with E-state index in [1.165, 1.54) is 32.8 Å². The van der Waals surface area contributed by atoms with Crippen molar-refractivity contribution in [1.29, 1.82) is 0 Å². The number of carboxylic acid groups (broad SMARTS) is 1. The summed E-state index contributed by atoms with van der Waals surface area (Å²) in [4.78, 5) is 53.4. The van der Waals surface area contributed by atoms with Crippen LogP contribution in [0.4, 0.5) is 0 Å². The Morgan fingerprint density at radius 1 is 1.24 bits per heavy atom. The second kappa shape index (κ2) is 16.6. The molecule has 2 aliphatic rings. The number of benzene rings is 1. The van der Waals surface area contributed by atoms with Crippen molar-refractivity contribution in [3.05, 3.63) is 40.3 Å². The predicted molar refractivity (Wildman–Crippen MR) is 162 cm³/mol. The van der Waals surface area contributed by atoms with Crippen LogP contribution in [0.5, 0.6) is 5.75 Å². The standard InChI is InChI=1S/C17H20N2O2.C13H24N2O3.CH2O2/c1-21-13-9-10-14-16(11-13)19-17(20)15(18-14)6-4-2-3-5-12-7-8-12;1-13(2,3)10(14-4)11(16)15-8-6-7-9(15)12(17)18-5;2-1-3/h4,6,9-12H,2-3,5,7-8H2,1H3,(H,19,20);9-10,14H,6-8H2,1-5H3;1H,(H,2,3)/b6-4+;;. The highest BCUT2D eigenvalue weighted by molar-refractivity contribution is 5.88. The molecule has 1 aromatic carbocycles. The molecular weight excluding hydrogens is 540 g/mol. The van der Waals surface area contributed by atoms with Crippen LogP contribution in [0, 0.1) is 11.3 Å². The number of amides is 1. The van der Waals surface area contributed by atoms with E-state index in [-0.39, 0.29) is 35.4 Å². The Bertz CT molecular complexity index is 1260. The number of hydrogen-bond acceptors (Lipinski definition) is 8. The summed E-state index contributed by atoms with van der Waals surface area (Å²) in [5.74, 6) is 1.35. The number of aromatic nitrogens is 2. The highest BCUT2D eigenvalue weighted by atomic mass is 16.5. The van der Waals surface area contributed by atoms with Crippen LogP contribution in [0.25, 0.3) is 17.1 Å². The van der Waals surface area contributed by atoms with Crippen molar-refractivity contribution < 1.29 is 29.0 Å². The van der Waals surface area contributed by atoms with Gasteiger partial charge in [-0.3, -0.25) is 14.4 Å². The lowest BCUT2D eigenvalue weighted by molar-refractivity contribution is -0.152. The fraction of sp³-hybridized carbons (Fsp3) is 0.581. The molecule has 1 aliphatic carbocycles. The summed E-state index contributed by atoms with van der Waals surface area (Å²) >= 11 is 0. The van der Waals surface area contributed by atoms with Crippen LogP contribution in [0.2, 0.25) is 0 Å². The SMILES string of the molecule is CNC(C(=O)N1CCCC1C(=O)OC)C(C)(C)C.COc1ccc2nc(/C=C/CCCC3CC3)c(=O)[nH]c2c1.O=CO. The van der Waals surface area contributed by atoms with Crippen LogP contribution in [0.1, 0.15) is 71.4 Å². The van der Waals surface area contributed by atoms with E-state index in [4.69, 9.17) is 19.4 Å². The third-order valence-corrected chi connectivity index (χ3v) is 7.29. The van der Waals surface area contributed by atoms with Gasteiger partial charge in [0.2, 0.25) is 5.91 Å². The van der Waals surface area contributed by atoms with Gasteiger partial charge in [-0.05, 0) is 62.3 Å². The van der Waals surface area contributed by atoms with Gasteiger partial charge in [0.05, 0.1) is 31.3 Å². The summed E-state index contributed by atoms with van der Waals surface area (Å²) in [6.07, 6.45) is 11.8. The highest BCUT2D eigenvalue weighted by Crippen LogP contribution is 2.33. The molecule has 3 N–H and O–H groups in total. The minimum atomic E-state index is -0.416. The fourth-order valence-corrected chi connectivity index (χ4v) is 4.95. The van der Waals surface area contributed by atoms with Crippen LogP contribution in [-0.2, 0) is 19.1 Å². The summed E-state index contributed by atoms with van der Waals surface area (Å²) in [5.41, 5.74) is 1.60. The van der Waals surface area contributed by atoms with Gasteiger partial charge >= 0.3 is 5.97 Å². The zero-order valence-corrected chi connectivity index (χ0v) is 25.6. The Kier molecular flexibility index (Phi) is 13.7. The minimum Gasteiger partial charge on any atom is -0.497 e. The number of likely N-dealkylation sites (tertiary alicyclic amines) is 1. The maximum absolute atomic E-state index is 12.5. The average Bonchev–Trinajstić information content (AvgIpc) is 3.65. The number of nitrogens with zero attached hydrogens (tertiary/aromatic N) is 2. The van der Waals surface area contributed by atoms with Crippen LogP contribution in [0.15, 0.2) is 29.1 Å². The van der Waals surface area contributed by atoms with Crippen molar-refractivity contribution in [3.8, 4) is 5.75 Å². The Morgan fingerprint density at radius 3 is 2.50 bits per heavy atom. The first kappa shape index (κ1) is 34.5. The molecule has 1 aliphatic heterocycles. The number of ether oxygens (including phenoxy) is 2. The minimum absolute atomic E-state index is 0.0158. The number of esters is 1. The molecule has 2 fully saturated rings. The molecule has 1 aromatic heterocycles. The fourth-order valence-electron chi connectivity index (χ4n) is 4.95. The van der Waals surface area contributed by atoms with Crippen molar-refractivity contribution in [3.63, 3.8) is 0 Å². The van der Waals surface area contributed by atoms with Gasteiger partial charge in [-0.25, -0.2) is 9.78 Å². The second-order valence-electron chi connectivity index (χ2n) is 11.5. The zero-order valence-electron chi connectivity index (χ0n) is 25.6. The lowest BCUT2D eigenvalue weighted by atomic mass is 9.86. The van der Waals surface area contributed by atoms with Crippen molar-refractivity contribution in [2.24, 2.45) is 11.3 Å². The molecule has 2 heterocycles. The van der Waals surface area contributed by atoms with E-state index < -0.39 is 6.04 Å². The summed E-state index contributed by atoms with van der Waals surface area (Å²) in [6, 6.07) is 4.78. The third kappa shape index (κ3) is 10.3. The van der Waals surface area contributed by atoms with E-state index in [0.29, 0.717) is 29.9 Å². The summed E-state index contributed by atoms with van der Waals surface area (Å²) < 4.78 is 9.91. The van der Waals surface area contributed by atoms with Gasteiger partial charge < -0.3 is 29.8 Å². The first-order valence-corrected chi connectivity index (χ1v) is 14.4. The van der Waals surface area contributed by atoms with Crippen molar-refractivity contribution in [1.82, 2.24) is 20.2 Å². The number of H-pyrrole nitrogens is 1. The lowest BCUT2D eigenvalue weighted by Gasteiger charge is -2.34. The topological polar surface area (TPSA) is 151 Å². The number of rotatable bonds is 9. The number of aromatic amines is 1. The van der Waals surface area contributed by atoms with Crippen molar-refractivity contribution >= 4 is 35.5 Å². The molecule has 11 nitrogen and oxygen atoms in total. The van der Waals surface area contributed by atoms with E-state index in [1.54, 1.807) is 25.1 Å². The quantitative estimate of drug-likeness (QED) is 0.225. The maximum Gasteiger partial charge on any atom is 0.328 e. The Hall–Kier alpha value is -3.73. The summed E-state index contributed by atoms with van der Waals surface area (Å²) in [5, 5.41) is 9.94. The molecule has 232 valence electrons. The molecule has 0 spiro atoms. The number of nitrogens with one attached hydrogen (secondary N) is 2. The molecule has 1 saturated carbocycles. The zero-order chi connectivity index (χ0) is 31.3.